The summed E-state index contributed by atoms with van der Waals surface area (Å²) in [6.45, 7) is 1.71. The number of fused-ring (bicyclic) bond motifs is 1. The van der Waals surface area contributed by atoms with Crippen LogP contribution in [0.1, 0.15) is 11.5 Å². The Hall–Kier alpha value is -4.21. The van der Waals surface area contributed by atoms with Crippen LogP contribution in [0.2, 0.25) is 0 Å². The number of aryl methyl sites for hydroxylation is 2. The molecular weight excluding hydrogens is 450 g/mol. The van der Waals surface area contributed by atoms with Gasteiger partial charge in [0.2, 0.25) is 0 Å². The average molecular weight is 467 g/mol. The molecule has 0 spiro atoms. The molecular formula is C24H17F4N5O. The van der Waals surface area contributed by atoms with Crippen molar-refractivity contribution in [3.05, 3.63) is 78.2 Å². The normalized spacial score (nSPS) is 11.8. The molecule has 10 heteroatoms. The number of nitrogens with one attached hydrogen (secondary N) is 1. The van der Waals surface area contributed by atoms with Gasteiger partial charge in [0.1, 0.15) is 22.9 Å². The van der Waals surface area contributed by atoms with Gasteiger partial charge in [-0.25, -0.2) is 14.4 Å². The highest BCUT2D eigenvalue weighted by atomic mass is 19.4. The van der Waals surface area contributed by atoms with E-state index in [1.165, 1.54) is 30.5 Å². The molecule has 5 rings (SSSR count). The number of benzene rings is 2. The number of anilines is 2. The van der Waals surface area contributed by atoms with Crippen molar-refractivity contribution in [3.8, 4) is 22.8 Å². The standard InChI is InChI=1S/C24H17F4N5O/c1-13-29-12-21(34-13)18-8-7-17(11-30-18)31-19-9-15(24(26,27)28)10-20-22(19)32-23(33(20)2)14-3-5-16(25)6-4-14/h3-12,31H,1-2H3. The second-order valence-electron chi connectivity index (χ2n) is 7.69. The van der Waals surface area contributed by atoms with Gasteiger partial charge in [-0.2, -0.15) is 13.2 Å². The van der Waals surface area contributed by atoms with Crippen molar-refractivity contribution < 1.29 is 22.0 Å². The summed E-state index contributed by atoms with van der Waals surface area (Å²) in [5.74, 6) is 0.976. The quantitative estimate of drug-likeness (QED) is 0.306. The lowest BCUT2D eigenvalue weighted by Crippen LogP contribution is -2.06. The molecule has 6 nitrogen and oxygen atoms in total. The summed E-state index contributed by atoms with van der Waals surface area (Å²) >= 11 is 0. The summed E-state index contributed by atoms with van der Waals surface area (Å²) < 4.78 is 61.3. The first kappa shape index (κ1) is 21.6. The first-order chi connectivity index (χ1) is 16.2. The second kappa shape index (κ2) is 7.98. The van der Waals surface area contributed by atoms with E-state index in [9.17, 15) is 17.6 Å². The van der Waals surface area contributed by atoms with Crippen molar-refractivity contribution in [3.63, 3.8) is 0 Å². The fourth-order valence-corrected chi connectivity index (χ4v) is 3.65. The SMILES string of the molecule is Cc1ncc(-c2ccc(Nc3cc(C(F)(F)F)cc4c3nc(-c3ccc(F)cc3)n4C)cn2)o1. The van der Waals surface area contributed by atoms with Crippen LogP contribution < -0.4 is 5.32 Å². The Morgan fingerprint density at radius 2 is 1.74 bits per heavy atom. The van der Waals surface area contributed by atoms with Crippen LogP contribution in [0.4, 0.5) is 28.9 Å². The topological polar surface area (TPSA) is 68.8 Å². The molecule has 0 bridgehead atoms. The number of alkyl halides is 3. The molecule has 3 aromatic heterocycles. The Bertz CT molecular complexity index is 1490. The minimum absolute atomic E-state index is 0.166. The largest absolute Gasteiger partial charge is 0.439 e. The number of hydrogen-bond acceptors (Lipinski definition) is 5. The van der Waals surface area contributed by atoms with E-state index in [2.05, 4.69) is 20.3 Å². The molecule has 0 saturated heterocycles. The summed E-state index contributed by atoms with van der Waals surface area (Å²) in [6, 6.07) is 11.0. The molecule has 1 N–H and O–H groups in total. The van der Waals surface area contributed by atoms with Crippen molar-refractivity contribution in [2.45, 2.75) is 13.1 Å². The minimum Gasteiger partial charge on any atom is -0.439 e. The van der Waals surface area contributed by atoms with E-state index in [-0.39, 0.29) is 11.2 Å². The van der Waals surface area contributed by atoms with Crippen LogP contribution in [0, 0.1) is 12.7 Å². The van der Waals surface area contributed by atoms with Gasteiger partial charge in [-0.3, -0.25) is 4.98 Å². The third-order valence-corrected chi connectivity index (χ3v) is 5.33. The molecule has 0 amide bonds. The van der Waals surface area contributed by atoms with Crippen molar-refractivity contribution in [2.75, 3.05) is 5.32 Å². The Balaban J connectivity index is 1.59. The summed E-state index contributed by atoms with van der Waals surface area (Å²) in [4.78, 5) is 12.9. The van der Waals surface area contributed by atoms with E-state index in [0.717, 1.165) is 12.1 Å². The van der Waals surface area contributed by atoms with Crippen molar-refractivity contribution in [2.24, 2.45) is 7.05 Å². The molecule has 0 atom stereocenters. The van der Waals surface area contributed by atoms with Gasteiger partial charge >= 0.3 is 6.18 Å². The Morgan fingerprint density at radius 3 is 2.35 bits per heavy atom. The van der Waals surface area contributed by atoms with Crippen LogP contribution in [0.15, 0.2) is 65.3 Å². The van der Waals surface area contributed by atoms with Crippen LogP contribution >= 0.6 is 0 Å². The van der Waals surface area contributed by atoms with Crippen LogP contribution in [0.25, 0.3) is 33.9 Å². The highest BCUT2D eigenvalue weighted by Gasteiger charge is 2.32. The molecule has 172 valence electrons. The fourth-order valence-electron chi connectivity index (χ4n) is 3.65. The average Bonchev–Trinajstić information content (AvgIpc) is 3.38. The third-order valence-electron chi connectivity index (χ3n) is 5.33. The van der Waals surface area contributed by atoms with Gasteiger partial charge in [-0.1, -0.05) is 0 Å². The summed E-state index contributed by atoms with van der Waals surface area (Å²) in [7, 11) is 1.62. The van der Waals surface area contributed by atoms with E-state index in [4.69, 9.17) is 4.42 Å². The zero-order valence-electron chi connectivity index (χ0n) is 18.0. The summed E-state index contributed by atoms with van der Waals surface area (Å²) in [6.07, 6.45) is -1.52. The Labute approximate surface area is 190 Å². The molecule has 34 heavy (non-hydrogen) atoms. The van der Waals surface area contributed by atoms with Gasteiger partial charge in [0.25, 0.3) is 0 Å². The van der Waals surface area contributed by atoms with E-state index >= 15 is 0 Å². The monoisotopic (exact) mass is 467 g/mol. The maximum absolute atomic E-state index is 13.7. The van der Waals surface area contributed by atoms with E-state index in [1.54, 1.807) is 36.9 Å². The molecule has 0 aliphatic heterocycles. The molecule has 2 aromatic carbocycles. The third kappa shape index (κ3) is 3.98. The molecule has 0 saturated carbocycles. The highest BCUT2D eigenvalue weighted by Crippen LogP contribution is 2.37. The van der Waals surface area contributed by atoms with Gasteiger partial charge in [0.15, 0.2) is 11.7 Å². The van der Waals surface area contributed by atoms with E-state index in [1.807, 2.05) is 0 Å². The zero-order valence-corrected chi connectivity index (χ0v) is 18.0. The predicted molar refractivity (Wildman–Crippen MR) is 119 cm³/mol. The lowest BCUT2D eigenvalue weighted by molar-refractivity contribution is -0.137. The molecule has 0 fully saturated rings. The van der Waals surface area contributed by atoms with Crippen LogP contribution in [-0.2, 0) is 13.2 Å². The smallest absolute Gasteiger partial charge is 0.416 e. The minimum atomic E-state index is -4.56. The molecule has 0 radical (unpaired) electrons. The van der Waals surface area contributed by atoms with Crippen molar-refractivity contribution >= 4 is 22.4 Å². The van der Waals surface area contributed by atoms with Crippen LogP contribution in [0.3, 0.4) is 0 Å². The second-order valence-corrected chi connectivity index (χ2v) is 7.69. The van der Waals surface area contributed by atoms with E-state index < -0.39 is 17.6 Å². The number of oxazole rings is 1. The number of halogens is 4. The maximum atomic E-state index is 13.7. The van der Waals surface area contributed by atoms with Gasteiger partial charge < -0.3 is 14.3 Å². The molecule has 3 heterocycles. The zero-order chi connectivity index (χ0) is 24.0. The van der Waals surface area contributed by atoms with Gasteiger partial charge in [0.05, 0.1) is 34.8 Å². The van der Waals surface area contributed by atoms with Gasteiger partial charge in [0, 0.05) is 19.5 Å². The van der Waals surface area contributed by atoms with Crippen LogP contribution in [-0.4, -0.2) is 19.5 Å². The first-order valence-corrected chi connectivity index (χ1v) is 10.2. The van der Waals surface area contributed by atoms with E-state index in [0.29, 0.717) is 39.9 Å². The number of rotatable bonds is 4. The summed E-state index contributed by atoms with van der Waals surface area (Å²) in [5.41, 5.74) is 1.54. The molecule has 5 aromatic rings. The number of pyridine rings is 1. The fraction of sp³-hybridized carbons (Fsp3) is 0.125. The lowest BCUT2D eigenvalue weighted by Gasteiger charge is -2.12. The maximum Gasteiger partial charge on any atom is 0.416 e. The van der Waals surface area contributed by atoms with Gasteiger partial charge in [-0.15, -0.1) is 0 Å². The Kier molecular flexibility index (Phi) is 5.07. The number of aromatic nitrogens is 4. The van der Waals surface area contributed by atoms with Crippen molar-refractivity contribution in [1.82, 2.24) is 19.5 Å². The lowest BCUT2D eigenvalue weighted by atomic mass is 10.1. The highest BCUT2D eigenvalue weighted by molar-refractivity contribution is 5.93. The molecule has 0 aliphatic rings. The first-order valence-electron chi connectivity index (χ1n) is 10.2. The van der Waals surface area contributed by atoms with Crippen LogP contribution in [0.5, 0.6) is 0 Å². The van der Waals surface area contributed by atoms with Gasteiger partial charge in [-0.05, 0) is 48.5 Å². The molecule has 0 unspecified atom stereocenters. The summed E-state index contributed by atoms with van der Waals surface area (Å²) in [5, 5.41) is 3.00. The predicted octanol–water partition coefficient (Wildman–Crippen LogP) is 6.50. The number of imidazole rings is 1. The Morgan fingerprint density at radius 1 is 0.971 bits per heavy atom. The number of hydrogen-bond donors (Lipinski definition) is 1. The van der Waals surface area contributed by atoms with Crippen molar-refractivity contribution in [1.29, 1.82) is 0 Å². The number of nitrogens with zero attached hydrogens (tertiary/aromatic N) is 4. The molecule has 0 aliphatic carbocycles.